The normalized spacial score (nSPS) is 21.5. The molecule has 0 aliphatic carbocycles. The molecule has 4 heteroatoms. The summed E-state index contributed by atoms with van der Waals surface area (Å²) in [5.41, 5.74) is 0.676. The van der Waals surface area contributed by atoms with Gasteiger partial charge in [0.2, 0.25) is 5.91 Å². The van der Waals surface area contributed by atoms with Gasteiger partial charge in [-0.2, -0.15) is 0 Å². The van der Waals surface area contributed by atoms with Crippen molar-refractivity contribution < 1.29 is 9.90 Å². The van der Waals surface area contributed by atoms with E-state index in [4.69, 9.17) is 0 Å². The highest BCUT2D eigenvalue weighted by atomic mass is 32.2. The van der Waals surface area contributed by atoms with E-state index in [2.05, 4.69) is 0 Å². The molecule has 0 spiro atoms. The van der Waals surface area contributed by atoms with Gasteiger partial charge in [-0.15, -0.1) is 11.8 Å². The van der Waals surface area contributed by atoms with Gasteiger partial charge in [0.25, 0.3) is 0 Å². The van der Waals surface area contributed by atoms with Gasteiger partial charge in [0.05, 0.1) is 12.2 Å². The largest absolute Gasteiger partial charge is 0.382 e. The number of fused-ring (bicyclic) bond motifs is 1. The summed E-state index contributed by atoms with van der Waals surface area (Å²) < 4.78 is 0. The quantitative estimate of drug-likeness (QED) is 0.880. The fourth-order valence-corrected chi connectivity index (χ4v) is 3.75. The van der Waals surface area contributed by atoms with Crippen molar-refractivity contribution in [3.63, 3.8) is 0 Å². The molecule has 1 aliphatic heterocycles. The Balaban J connectivity index is 2.05. The maximum atomic E-state index is 12.0. The maximum Gasteiger partial charge on any atom is 0.224 e. The number of rotatable bonds is 1. The third-order valence-corrected chi connectivity index (χ3v) is 5.01. The lowest BCUT2D eigenvalue weighted by molar-refractivity contribution is -0.117. The van der Waals surface area contributed by atoms with Gasteiger partial charge in [-0.05, 0) is 17.7 Å². The first-order valence-corrected chi connectivity index (χ1v) is 7.86. The van der Waals surface area contributed by atoms with Crippen LogP contribution in [-0.2, 0) is 10.4 Å². The summed E-state index contributed by atoms with van der Waals surface area (Å²) >= 11 is 1.59. The van der Waals surface area contributed by atoms with E-state index in [-0.39, 0.29) is 12.5 Å². The SMILES string of the molecule is CC(=O)N1CC(O)(c2ccccc2)CSc2ccccc21. The number of β-amino-alcohol motifs (C(OH)–C–C–N with tert-alkyl or cyclic N) is 1. The van der Waals surface area contributed by atoms with Gasteiger partial charge in [-0.25, -0.2) is 0 Å². The number of benzene rings is 2. The number of thioether (sulfide) groups is 1. The van der Waals surface area contributed by atoms with Gasteiger partial charge in [0, 0.05) is 17.6 Å². The summed E-state index contributed by atoms with van der Waals surface area (Å²) in [5.74, 6) is 0.469. The van der Waals surface area contributed by atoms with E-state index in [1.54, 1.807) is 16.7 Å². The number of aliphatic hydroxyl groups is 1. The lowest BCUT2D eigenvalue weighted by atomic mass is 9.95. The van der Waals surface area contributed by atoms with E-state index in [1.807, 2.05) is 54.6 Å². The molecule has 0 saturated carbocycles. The van der Waals surface area contributed by atoms with Crippen LogP contribution in [0.4, 0.5) is 5.69 Å². The van der Waals surface area contributed by atoms with Crippen molar-refractivity contribution in [3.8, 4) is 0 Å². The van der Waals surface area contributed by atoms with Gasteiger partial charge in [0.1, 0.15) is 5.60 Å². The minimum atomic E-state index is -1.05. The lowest BCUT2D eigenvalue weighted by Crippen LogP contribution is -2.43. The second-order valence-corrected chi connectivity index (χ2v) is 6.28. The predicted molar refractivity (Wildman–Crippen MR) is 85.5 cm³/mol. The minimum Gasteiger partial charge on any atom is -0.382 e. The topological polar surface area (TPSA) is 40.5 Å². The van der Waals surface area contributed by atoms with Gasteiger partial charge < -0.3 is 10.0 Å². The molecule has 1 N–H and O–H groups in total. The summed E-state index contributed by atoms with van der Waals surface area (Å²) in [5, 5.41) is 11.1. The number of nitrogens with zero attached hydrogens (tertiary/aromatic N) is 1. The van der Waals surface area contributed by atoms with Crippen LogP contribution < -0.4 is 4.90 Å². The third-order valence-electron chi connectivity index (χ3n) is 3.73. The molecule has 0 aromatic heterocycles. The van der Waals surface area contributed by atoms with Gasteiger partial charge in [-0.1, -0.05) is 42.5 Å². The molecule has 3 rings (SSSR count). The molecule has 1 heterocycles. The highest BCUT2D eigenvalue weighted by Crippen LogP contribution is 2.40. The van der Waals surface area contributed by atoms with Crippen molar-refractivity contribution in [2.75, 3.05) is 17.2 Å². The molecule has 1 aliphatic rings. The van der Waals surface area contributed by atoms with Crippen molar-refractivity contribution in [2.45, 2.75) is 17.4 Å². The molecule has 108 valence electrons. The number of amides is 1. The van der Waals surface area contributed by atoms with Crippen molar-refractivity contribution in [2.24, 2.45) is 0 Å². The van der Waals surface area contributed by atoms with Crippen LogP contribution in [0, 0.1) is 0 Å². The van der Waals surface area contributed by atoms with Gasteiger partial charge in [-0.3, -0.25) is 4.79 Å². The van der Waals surface area contributed by atoms with Crippen LogP contribution in [-0.4, -0.2) is 23.3 Å². The third kappa shape index (κ3) is 2.69. The second-order valence-electron chi connectivity index (χ2n) is 5.26. The van der Waals surface area contributed by atoms with E-state index in [1.165, 1.54) is 6.92 Å². The van der Waals surface area contributed by atoms with Crippen LogP contribution in [0.25, 0.3) is 0 Å². The highest BCUT2D eigenvalue weighted by Gasteiger charge is 2.36. The van der Waals surface area contributed by atoms with Crippen LogP contribution in [0.2, 0.25) is 0 Å². The number of carbonyl (C=O) groups excluding carboxylic acids is 1. The van der Waals surface area contributed by atoms with Crippen LogP contribution >= 0.6 is 11.8 Å². The first kappa shape index (κ1) is 14.2. The molecular weight excluding hydrogens is 282 g/mol. The Morgan fingerprint density at radius 1 is 1.14 bits per heavy atom. The molecule has 0 radical (unpaired) electrons. The summed E-state index contributed by atoms with van der Waals surface area (Å²) in [6, 6.07) is 17.4. The molecule has 0 saturated heterocycles. The van der Waals surface area contributed by atoms with Crippen LogP contribution in [0.15, 0.2) is 59.5 Å². The average Bonchev–Trinajstić information content (AvgIpc) is 2.67. The Kier molecular flexibility index (Phi) is 3.74. The van der Waals surface area contributed by atoms with E-state index in [9.17, 15) is 9.90 Å². The molecule has 1 atom stereocenters. The second kappa shape index (κ2) is 5.54. The van der Waals surface area contributed by atoms with E-state index < -0.39 is 5.60 Å². The Morgan fingerprint density at radius 3 is 2.52 bits per heavy atom. The Hall–Kier alpha value is -1.78. The van der Waals surface area contributed by atoms with Crippen molar-refractivity contribution in [3.05, 3.63) is 60.2 Å². The first-order chi connectivity index (χ1) is 10.1. The molecule has 2 aromatic rings. The Morgan fingerprint density at radius 2 is 1.81 bits per heavy atom. The molecule has 21 heavy (non-hydrogen) atoms. The standard InChI is InChI=1S/C17H17NO2S/c1-13(19)18-11-17(20,14-7-3-2-4-8-14)12-21-16-10-6-5-9-15(16)18/h2-10,20H,11-12H2,1H3. The number of anilines is 1. The van der Waals surface area contributed by atoms with Gasteiger partial charge >= 0.3 is 0 Å². The van der Waals surface area contributed by atoms with E-state index in [0.29, 0.717) is 5.75 Å². The molecule has 2 aromatic carbocycles. The number of hydrogen-bond donors (Lipinski definition) is 1. The summed E-state index contributed by atoms with van der Waals surface area (Å²) in [4.78, 5) is 14.7. The van der Waals surface area contributed by atoms with E-state index >= 15 is 0 Å². The predicted octanol–water partition coefficient (Wildman–Crippen LogP) is 3.03. The zero-order valence-corrected chi connectivity index (χ0v) is 12.6. The molecule has 1 amide bonds. The van der Waals surface area contributed by atoms with Crippen molar-refractivity contribution in [1.82, 2.24) is 0 Å². The number of para-hydroxylation sites is 1. The lowest BCUT2D eigenvalue weighted by Gasteiger charge is -2.31. The smallest absolute Gasteiger partial charge is 0.224 e. The molecular formula is C17H17NO2S. The van der Waals surface area contributed by atoms with Gasteiger partial charge in [0.15, 0.2) is 0 Å². The van der Waals surface area contributed by atoms with Crippen LogP contribution in [0.5, 0.6) is 0 Å². The van der Waals surface area contributed by atoms with E-state index in [0.717, 1.165) is 16.1 Å². The molecule has 1 unspecified atom stereocenters. The monoisotopic (exact) mass is 299 g/mol. The van der Waals surface area contributed by atoms with Crippen LogP contribution in [0.1, 0.15) is 12.5 Å². The first-order valence-electron chi connectivity index (χ1n) is 6.88. The fraction of sp³-hybridized carbons (Fsp3) is 0.235. The summed E-state index contributed by atoms with van der Waals surface area (Å²) in [6.07, 6.45) is 0. The number of carbonyl (C=O) groups is 1. The fourth-order valence-electron chi connectivity index (χ4n) is 2.60. The average molecular weight is 299 g/mol. The van der Waals surface area contributed by atoms with Crippen LogP contribution in [0.3, 0.4) is 0 Å². The Labute approximate surface area is 128 Å². The minimum absolute atomic E-state index is 0.0562. The zero-order valence-electron chi connectivity index (χ0n) is 11.8. The molecule has 0 bridgehead atoms. The maximum absolute atomic E-state index is 12.0. The molecule has 3 nitrogen and oxygen atoms in total. The Bertz CT molecular complexity index is 659. The number of hydrogen-bond acceptors (Lipinski definition) is 3. The highest BCUT2D eigenvalue weighted by molar-refractivity contribution is 7.99. The van der Waals surface area contributed by atoms with Crippen molar-refractivity contribution in [1.29, 1.82) is 0 Å². The van der Waals surface area contributed by atoms with Crippen molar-refractivity contribution >= 4 is 23.4 Å². The zero-order chi connectivity index (χ0) is 14.9. The molecule has 0 fully saturated rings. The summed E-state index contributed by atoms with van der Waals surface area (Å²) in [7, 11) is 0. The summed E-state index contributed by atoms with van der Waals surface area (Å²) in [6.45, 7) is 1.81.